The monoisotopic (exact) mass is 511 g/mol. The predicted molar refractivity (Wildman–Crippen MR) is 131 cm³/mol. The largest absolute Gasteiger partial charge is 0.335 e. The number of nitrogens with zero attached hydrogens (tertiary/aromatic N) is 5. The van der Waals surface area contributed by atoms with Crippen LogP contribution in [0.2, 0.25) is 0 Å². The lowest BCUT2D eigenvalue weighted by atomic mass is 9.80. The summed E-state index contributed by atoms with van der Waals surface area (Å²) in [6, 6.07) is 5.00. The van der Waals surface area contributed by atoms with Gasteiger partial charge in [-0.25, -0.2) is 23.1 Å². The smallest absolute Gasteiger partial charge is 0.249 e. The van der Waals surface area contributed by atoms with Gasteiger partial charge in [0.05, 0.1) is 33.5 Å². The summed E-state index contributed by atoms with van der Waals surface area (Å²) in [6.07, 6.45) is 3.23. The second-order valence-electron chi connectivity index (χ2n) is 9.50. The molecule has 1 aromatic carbocycles. The Morgan fingerprint density at radius 3 is 2.69 bits per heavy atom. The summed E-state index contributed by atoms with van der Waals surface area (Å²) in [7, 11) is 0. The Bertz CT molecular complexity index is 1500. The van der Waals surface area contributed by atoms with Crippen LogP contribution in [-0.4, -0.2) is 42.8 Å². The molecule has 0 unspecified atom stereocenters. The molecule has 1 aliphatic carbocycles. The molecule has 6 nitrogen and oxygen atoms in total. The topological polar surface area (TPSA) is 63.9 Å². The molecule has 0 saturated heterocycles. The summed E-state index contributed by atoms with van der Waals surface area (Å²) in [5.74, 6) is -3.00. The van der Waals surface area contributed by atoms with Gasteiger partial charge in [0.15, 0.2) is 0 Å². The summed E-state index contributed by atoms with van der Waals surface area (Å²) < 4.78 is 44.9. The van der Waals surface area contributed by atoms with E-state index in [1.54, 1.807) is 30.3 Å². The van der Waals surface area contributed by atoms with Gasteiger partial charge in [-0.1, -0.05) is 13.0 Å². The van der Waals surface area contributed by atoms with Crippen LogP contribution < -0.4 is 0 Å². The minimum Gasteiger partial charge on any atom is -0.335 e. The highest BCUT2D eigenvalue weighted by molar-refractivity contribution is 7.15. The maximum Gasteiger partial charge on any atom is 0.249 e. The van der Waals surface area contributed by atoms with E-state index in [0.717, 1.165) is 21.0 Å². The molecule has 6 rings (SSSR count). The van der Waals surface area contributed by atoms with Gasteiger partial charge in [-0.05, 0) is 24.4 Å². The Labute approximate surface area is 209 Å². The van der Waals surface area contributed by atoms with Crippen LogP contribution in [0.1, 0.15) is 48.6 Å². The second-order valence-corrected chi connectivity index (χ2v) is 10.7. The average Bonchev–Trinajstić information content (AvgIpc) is 3.45. The fourth-order valence-corrected chi connectivity index (χ4v) is 5.98. The predicted octanol–water partition coefficient (Wildman–Crippen LogP) is 5.93. The fourth-order valence-electron chi connectivity index (χ4n) is 5.24. The van der Waals surface area contributed by atoms with Crippen molar-refractivity contribution >= 4 is 28.0 Å². The first kappa shape index (κ1) is 23.1. The number of hydrogen-bond acceptors (Lipinski definition) is 5. The number of amides is 1. The van der Waals surface area contributed by atoms with Gasteiger partial charge in [0.2, 0.25) is 11.8 Å². The van der Waals surface area contributed by atoms with Gasteiger partial charge in [0.25, 0.3) is 0 Å². The summed E-state index contributed by atoms with van der Waals surface area (Å²) in [5.41, 5.74) is 2.12. The maximum atomic E-state index is 15.5. The summed E-state index contributed by atoms with van der Waals surface area (Å²) in [6.45, 7) is 4.91. The summed E-state index contributed by atoms with van der Waals surface area (Å²) >= 11 is 1.53. The van der Waals surface area contributed by atoms with E-state index < -0.39 is 17.7 Å². The van der Waals surface area contributed by atoms with Crippen molar-refractivity contribution in [3.63, 3.8) is 0 Å². The molecule has 0 N–H and O–H groups in total. The maximum absolute atomic E-state index is 15.5. The molecule has 0 spiro atoms. The number of benzene rings is 1. The first-order valence-corrected chi connectivity index (χ1v) is 12.8. The third-order valence-corrected chi connectivity index (χ3v) is 8.05. The highest BCUT2D eigenvalue weighted by Gasteiger charge is 2.48. The van der Waals surface area contributed by atoms with E-state index in [1.165, 1.54) is 17.4 Å². The molecule has 186 valence electrons. The lowest BCUT2D eigenvalue weighted by molar-refractivity contribution is -0.132. The van der Waals surface area contributed by atoms with Crippen molar-refractivity contribution in [2.75, 3.05) is 6.54 Å². The third-order valence-electron chi connectivity index (χ3n) is 7.11. The molecule has 1 amide bonds. The van der Waals surface area contributed by atoms with E-state index >= 15 is 4.39 Å². The molecular formula is C26H24F3N5OS. The number of carbonyl (C=O) groups is 1. The van der Waals surface area contributed by atoms with E-state index in [-0.39, 0.29) is 25.3 Å². The number of aryl methyl sites for hydroxylation is 1. The van der Waals surface area contributed by atoms with Crippen LogP contribution in [-0.2, 0) is 17.9 Å². The minimum absolute atomic E-state index is 0.00493. The van der Waals surface area contributed by atoms with Crippen LogP contribution in [0.25, 0.3) is 32.6 Å². The lowest BCUT2D eigenvalue weighted by Crippen LogP contribution is -2.40. The molecule has 4 aromatic rings. The standard InChI is InChI=1S/C26H24F3N5OS/c1-3-22(35)33-6-7-34-20(13-33)24(32-25(34)16-9-26(28,29)10-16)23-17-11-31-19(21-12-30-14(2)36-21)8-15(17)4-5-18(23)27/h4-5,8,11-12,16H,3,6-7,9-10,13H2,1-2H3. The molecule has 4 heterocycles. The molecule has 1 aliphatic heterocycles. The Kier molecular flexibility index (Phi) is 5.40. The molecule has 0 radical (unpaired) electrons. The van der Waals surface area contributed by atoms with Gasteiger partial charge in [0.1, 0.15) is 11.6 Å². The van der Waals surface area contributed by atoms with Gasteiger partial charge in [0, 0.05) is 61.6 Å². The van der Waals surface area contributed by atoms with Crippen LogP contribution in [0.3, 0.4) is 0 Å². The van der Waals surface area contributed by atoms with Crippen molar-refractivity contribution in [3.8, 4) is 21.8 Å². The zero-order valence-electron chi connectivity index (χ0n) is 19.9. The number of thiazole rings is 1. The molecular weight excluding hydrogens is 487 g/mol. The first-order valence-electron chi connectivity index (χ1n) is 12.0. The van der Waals surface area contributed by atoms with Gasteiger partial charge in [-0.2, -0.15) is 0 Å². The zero-order valence-corrected chi connectivity index (χ0v) is 20.7. The number of pyridine rings is 1. The molecule has 0 atom stereocenters. The van der Waals surface area contributed by atoms with Crippen LogP contribution in [0.15, 0.2) is 30.6 Å². The van der Waals surface area contributed by atoms with Crippen molar-refractivity contribution < 1.29 is 18.0 Å². The zero-order chi connectivity index (χ0) is 25.2. The normalized spacial score (nSPS) is 17.3. The van der Waals surface area contributed by atoms with E-state index in [1.807, 2.05) is 17.6 Å². The van der Waals surface area contributed by atoms with E-state index in [4.69, 9.17) is 4.98 Å². The van der Waals surface area contributed by atoms with Crippen molar-refractivity contribution in [2.45, 2.75) is 58.0 Å². The number of aromatic nitrogens is 4. The molecule has 1 saturated carbocycles. The van der Waals surface area contributed by atoms with Crippen LogP contribution >= 0.6 is 11.3 Å². The summed E-state index contributed by atoms with van der Waals surface area (Å²) in [5, 5.41) is 2.31. The Morgan fingerprint density at radius 1 is 1.19 bits per heavy atom. The van der Waals surface area contributed by atoms with Crippen molar-refractivity contribution in [3.05, 3.63) is 52.9 Å². The van der Waals surface area contributed by atoms with Gasteiger partial charge in [-0.15, -0.1) is 11.3 Å². The second kappa shape index (κ2) is 8.40. The Balaban J connectivity index is 1.50. The van der Waals surface area contributed by atoms with E-state index in [2.05, 4.69) is 9.97 Å². The number of halogens is 3. The van der Waals surface area contributed by atoms with Gasteiger partial charge < -0.3 is 9.47 Å². The Morgan fingerprint density at radius 2 is 2.00 bits per heavy atom. The van der Waals surface area contributed by atoms with E-state index in [0.29, 0.717) is 47.7 Å². The number of imidazole rings is 1. The van der Waals surface area contributed by atoms with Crippen LogP contribution in [0.4, 0.5) is 13.2 Å². The lowest BCUT2D eigenvalue weighted by Gasteiger charge is -2.36. The highest BCUT2D eigenvalue weighted by Crippen LogP contribution is 2.49. The molecule has 1 fully saturated rings. The Hall–Kier alpha value is -3.27. The fraction of sp³-hybridized carbons (Fsp3) is 0.385. The quantitative estimate of drug-likeness (QED) is 0.341. The number of hydrogen-bond donors (Lipinski definition) is 0. The number of fused-ring (bicyclic) bond motifs is 2. The molecule has 3 aromatic heterocycles. The number of rotatable bonds is 4. The molecule has 0 bridgehead atoms. The average molecular weight is 512 g/mol. The summed E-state index contributed by atoms with van der Waals surface area (Å²) in [4.78, 5) is 28.8. The SMILES string of the molecule is CCC(=O)N1CCn2c(C3CC(F)(F)C3)nc(-c3c(F)ccc4cc(-c5cnc(C)s5)ncc34)c2C1. The van der Waals surface area contributed by atoms with Crippen LogP contribution in [0.5, 0.6) is 0 Å². The highest BCUT2D eigenvalue weighted by atomic mass is 32.1. The molecule has 2 aliphatic rings. The van der Waals surface area contributed by atoms with E-state index in [9.17, 15) is 13.6 Å². The van der Waals surface area contributed by atoms with Gasteiger partial charge in [-0.3, -0.25) is 9.78 Å². The van der Waals surface area contributed by atoms with Crippen molar-refractivity contribution in [1.82, 2.24) is 24.4 Å². The minimum atomic E-state index is -2.70. The molecule has 10 heteroatoms. The molecule has 36 heavy (non-hydrogen) atoms. The first-order chi connectivity index (χ1) is 17.2. The van der Waals surface area contributed by atoms with Crippen molar-refractivity contribution in [1.29, 1.82) is 0 Å². The van der Waals surface area contributed by atoms with Crippen molar-refractivity contribution in [2.24, 2.45) is 0 Å². The van der Waals surface area contributed by atoms with Gasteiger partial charge >= 0.3 is 0 Å². The van der Waals surface area contributed by atoms with Crippen LogP contribution in [0, 0.1) is 12.7 Å². The third kappa shape index (κ3) is 3.78. The number of carbonyl (C=O) groups excluding carboxylic acids is 1. The number of alkyl halides is 2.